The third-order valence-electron chi connectivity index (χ3n) is 4.41. The highest BCUT2D eigenvalue weighted by molar-refractivity contribution is 7.98. The van der Waals surface area contributed by atoms with E-state index in [2.05, 4.69) is 33.6 Å². The highest BCUT2D eigenvalue weighted by Crippen LogP contribution is 2.04. The van der Waals surface area contributed by atoms with E-state index < -0.39 is 54.0 Å². The lowest BCUT2D eigenvalue weighted by Gasteiger charge is -2.25. The molecular formula is C18H35N7O6S2. The van der Waals surface area contributed by atoms with Crippen LogP contribution in [0.3, 0.4) is 0 Å². The van der Waals surface area contributed by atoms with Crippen LogP contribution in [-0.4, -0.2) is 94.4 Å². The maximum Gasteiger partial charge on any atom is 0.326 e. The van der Waals surface area contributed by atoms with Crippen molar-refractivity contribution < 1.29 is 29.4 Å². The first kappa shape index (κ1) is 30.8. The van der Waals surface area contributed by atoms with Gasteiger partial charge in [-0.2, -0.15) is 24.4 Å². The number of carbonyl (C=O) groups excluding carboxylic acids is 3. The van der Waals surface area contributed by atoms with Crippen LogP contribution in [0.25, 0.3) is 0 Å². The molecular weight excluding hydrogens is 474 g/mol. The lowest BCUT2D eigenvalue weighted by atomic mass is 10.1. The molecule has 0 aromatic heterocycles. The van der Waals surface area contributed by atoms with Gasteiger partial charge in [0.25, 0.3) is 0 Å². The summed E-state index contributed by atoms with van der Waals surface area (Å²) in [6, 6.07) is -4.70. The molecule has 0 aliphatic carbocycles. The van der Waals surface area contributed by atoms with E-state index in [0.717, 1.165) is 0 Å². The molecule has 11 N–H and O–H groups in total. The molecule has 0 aliphatic heterocycles. The van der Waals surface area contributed by atoms with Crippen molar-refractivity contribution in [1.82, 2.24) is 16.0 Å². The molecule has 0 saturated carbocycles. The predicted octanol–water partition coefficient (Wildman–Crippen LogP) is -3.03. The summed E-state index contributed by atoms with van der Waals surface area (Å²) >= 11 is 5.46. The van der Waals surface area contributed by atoms with Crippen molar-refractivity contribution in [3.05, 3.63) is 0 Å². The van der Waals surface area contributed by atoms with Crippen molar-refractivity contribution >= 4 is 54.0 Å². The standard InChI is InChI=1S/C18H35N7O6S2/c1-9(26)13(25-14(27)10(19)4-3-6-22-18(20)21)16(29)24-12(8-32)15(28)23-11(17(30)31)5-7-33-2/h9-13,26,32H,3-8,19H2,1-2H3,(H,23,28)(H,24,29)(H,25,27)(H,30,31)(H4,20,21,22). The Morgan fingerprint density at radius 3 is 2.12 bits per heavy atom. The summed E-state index contributed by atoms with van der Waals surface area (Å²) in [5.41, 5.74) is 16.2. The third kappa shape index (κ3) is 12.6. The molecule has 0 heterocycles. The van der Waals surface area contributed by atoms with Gasteiger partial charge in [0.1, 0.15) is 18.1 Å². The van der Waals surface area contributed by atoms with Gasteiger partial charge >= 0.3 is 5.97 Å². The molecule has 33 heavy (non-hydrogen) atoms. The Labute approximate surface area is 202 Å². The number of aliphatic carboxylic acids is 1. The van der Waals surface area contributed by atoms with Gasteiger partial charge < -0.3 is 43.4 Å². The predicted molar refractivity (Wildman–Crippen MR) is 130 cm³/mol. The zero-order valence-electron chi connectivity index (χ0n) is 18.7. The molecule has 0 spiro atoms. The fourth-order valence-electron chi connectivity index (χ4n) is 2.54. The van der Waals surface area contributed by atoms with Crippen LogP contribution in [0.2, 0.25) is 0 Å². The number of thiol groups is 1. The van der Waals surface area contributed by atoms with Crippen LogP contribution < -0.4 is 33.2 Å². The lowest BCUT2D eigenvalue weighted by molar-refractivity contribution is -0.142. The normalized spacial score (nSPS) is 15.3. The van der Waals surface area contributed by atoms with Gasteiger partial charge in [0.15, 0.2) is 5.96 Å². The Kier molecular flexibility index (Phi) is 15.3. The van der Waals surface area contributed by atoms with E-state index >= 15 is 0 Å². The number of carboxylic acid groups (broad SMARTS) is 1. The number of carboxylic acids is 1. The topological polar surface area (TPSA) is 235 Å². The second-order valence-electron chi connectivity index (χ2n) is 7.21. The van der Waals surface area contributed by atoms with Gasteiger partial charge in [0.05, 0.1) is 12.1 Å². The van der Waals surface area contributed by atoms with E-state index in [9.17, 15) is 29.4 Å². The van der Waals surface area contributed by atoms with E-state index in [1.165, 1.54) is 18.7 Å². The average molecular weight is 510 g/mol. The van der Waals surface area contributed by atoms with Crippen molar-refractivity contribution in [2.24, 2.45) is 22.2 Å². The van der Waals surface area contributed by atoms with E-state index in [1.54, 1.807) is 6.26 Å². The van der Waals surface area contributed by atoms with Crippen LogP contribution in [0.4, 0.5) is 0 Å². The zero-order valence-corrected chi connectivity index (χ0v) is 20.4. The van der Waals surface area contributed by atoms with Gasteiger partial charge in [0.2, 0.25) is 17.7 Å². The number of aliphatic hydroxyl groups is 1. The molecule has 5 atom stereocenters. The summed E-state index contributed by atoms with van der Waals surface area (Å²) in [4.78, 5) is 52.5. The van der Waals surface area contributed by atoms with Crippen molar-refractivity contribution in [3.63, 3.8) is 0 Å². The molecule has 0 bridgehead atoms. The summed E-state index contributed by atoms with van der Waals surface area (Å²) in [6.45, 7) is 1.56. The smallest absolute Gasteiger partial charge is 0.326 e. The zero-order chi connectivity index (χ0) is 25.6. The Balaban J connectivity index is 5.03. The van der Waals surface area contributed by atoms with Gasteiger partial charge in [-0.15, -0.1) is 0 Å². The van der Waals surface area contributed by atoms with E-state index in [0.29, 0.717) is 12.2 Å². The third-order valence-corrected chi connectivity index (χ3v) is 5.42. The molecule has 190 valence electrons. The van der Waals surface area contributed by atoms with Gasteiger partial charge in [-0.25, -0.2) is 4.79 Å². The number of hydrogen-bond acceptors (Lipinski definition) is 9. The minimum Gasteiger partial charge on any atom is -0.480 e. The summed E-state index contributed by atoms with van der Waals surface area (Å²) < 4.78 is 0. The van der Waals surface area contributed by atoms with E-state index in [1.807, 2.05) is 0 Å². The van der Waals surface area contributed by atoms with Crippen LogP contribution in [0.5, 0.6) is 0 Å². The second-order valence-corrected chi connectivity index (χ2v) is 8.56. The van der Waals surface area contributed by atoms with Crippen molar-refractivity contribution in [3.8, 4) is 0 Å². The minimum atomic E-state index is -1.40. The van der Waals surface area contributed by atoms with Gasteiger partial charge in [-0.1, -0.05) is 0 Å². The second kappa shape index (κ2) is 16.4. The number of rotatable bonds is 16. The van der Waals surface area contributed by atoms with Crippen LogP contribution in [-0.2, 0) is 19.2 Å². The first-order chi connectivity index (χ1) is 15.4. The Morgan fingerprint density at radius 1 is 1.03 bits per heavy atom. The number of hydrogen-bond donors (Lipinski definition) is 9. The summed E-state index contributed by atoms with van der Waals surface area (Å²) in [6.07, 6.45) is 1.34. The highest BCUT2D eigenvalue weighted by Gasteiger charge is 2.31. The Hall–Kier alpha value is -2.23. The largest absolute Gasteiger partial charge is 0.480 e. The number of guanidine groups is 1. The number of nitrogens with one attached hydrogen (secondary N) is 3. The number of aliphatic hydroxyl groups excluding tert-OH is 1. The number of nitrogens with zero attached hydrogens (tertiary/aromatic N) is 1. The molecule has 15 heteroatoms. The van der Waals surface area contributed by atoms with Gasteiger partial charge in [0, 0.05) is 12.3 Å². The molecule has 0 aromatic carbocycles. The van der Waals surface area contributed by atoms with Gasteiger partial charge in [-0.3, -0.25) is 19.4 Å². The molecule has 0 aliphatic rings. The van der Waals surface area contributed by atoms with Crippen LogP contribution >= 0.6 is 24.4 Å². The summed E-state index contributed by atoms with van der Waals surface area (Å²) in [5.74, 6) is -3.20. The average Bonchev–Trinajstić information content (AvgIpc) is 2.74. The number of carbonyl (C=O) groups is 4. The van der Waals surface area contributed by atoms with Crippen LogP contribution in [0.1, 0.15) is 26.2 Å². The number of amides is 3. The summed E-state index contributed by atoms with van der Waals surface area (Å²) in [5, 5.41) is 26.3. The first-order valence-electron chi connectivity index (χ1n) is 10.2. The molecule has 3 amide bonds. The maximum atomic E-state index is 12.6. The summed E-state index contributed by atoms with van der Waals surface area (Å²) in [7, 11) is 0. The lowest BCUT2D eigenvalue weighted by Crippen LogP contribution is -2.60. The molecule has 0 saturated heterocycles. The molecule has 5 unspecified atom stereocenters. The fraction of sp³-hybridized carbons (Fsp3) is 0.722. The highest BCUT2D eigenvalue weighted by atomic mass is 32.2. The van der Waals surface area contributed by atoms with Crippen LogP contribution in [0, 0.1) is 0 Å². The molecule has 0 fully saturated rings. The number of aliphatic imine (C=N–C) groups is 1. The van der Waals surface area contributed by atoms with Gasteiger partial charge in [-0.05, 0) is 38.2 Å². The van der Waals surface area contributed by atoms with E-state index in [-0.39, 0.29) is 31.1 Å². The molecule has 0 radical (unpaired) electrons. The van der Waals surface area contributed by atoms with Crippen LogP contribution in [0.15, 0.2) is 4.99 Å². The SMILES string of the molecule is CSCCC(NC(=O)C(CS)NC(=O)C(NC(=O)C(N)CCCN=C(N)N)C(C)O)C(=O)O. The first-order valence-corrected chi connectivity index (χ1v) is 12.2. The Morgan fingerprint density at radius 2 is 1.64 bits per heavy atom. The number of thioether (sulfide) groups is 1. The number of nitrogens with two attached hydrogens (primary N) is 3. The fourth-order valence-corrected chi connectivity index (χ4v) is 3.27. The monoisotopic (exact) mass is 509 g/mol. The maximum absolute atomic E-state index is 12.6. The quantitative estimate of drug-likeness (QED) is 0.0441. The molecule has 13 nitrogen and oxygen atoms in total. The van der Waals surface area contributed by atoms with Crippen molar-refractivity contribution in [2.75, 3.05) is 24.3 Å². The minimum absolute atomic E-state index is 0.0828. The Bertz CT molecular complexity index is 691. The van der Waals surface area contributed by atoms with E-state index in [4.69, 9.17) is 17.2 Å². The molecule has 0 rings (SSSR count). The van der Waals surface area contributed by atoms with Crippen molar-refractivity contribution in [2.45, 2.75) is 56.5 Å². The molecule has 0 aromatic rings. The van der Waals surface area contributed by atoms with Crippen molar-refractivity contribution in [1.29, 1.82) is 0 Å².